The molecule has 0 aromatic carbocycles. The molecular formula is C16H30O3. The molecule has 3 atom stereocenters. The minimum absolute atomic E-state index is 0.0555. The van der Waals surface area contributed by atoms with E-state index in [0.29, 0.717) is 5.92 Å². The quantitative estimate of drug-likeness (QED) is 0.743. The number of methoxy groups -OCH3 is 1. The summed E-state index contributed by atoms with van der Waals surface area (Å²) < 4.78 is 4.70. The first-order chi connectivity index (χ1) is 8.59. The van der Waals surface area contributed by atoms with Gasteiger partial charge < -0.3 is 9.84 Å². The monoisotopic (exact) mass is 270 g/mol. The molecule has 3 unspecified atom stereocenters. The van der Waals surface area contributed by atoms with E-state index < -0.39 is 5.41 Å². The van der Waals surface area contributed by atoms with Gasteiger partial charge in [-0.1, -0.05) is 20.8 Å². The highest BCUT2D eigenvalue weighted by Crippen LogP contribution is 2.44. The Morgan fingerprint density at radius 1 is 1.11 bits per heavy atom. The van der Waals surface area contributed by atoms with E-state index in [9.17, 15) is 9.90 Å². The van der Waals surface area contributed by atoms with Crippen LogP contribution < -0.4 is 0 Å². The maximum Gasteiger partial charge on any atom is 0.311 e. The maximum atomic E-state index is 11.3. The third kappa shape index (κ3) is 3.71. The van der Waals surface area contributed by atoms with Crippen molar-refractivity contribution in [2.24, 2.45) is 22.7 Å². The zero-order valence-corrected chi connectivity index (χ0v) is 13.3. The standard InChI is InChI=1S/C9H18O2.C7H12O/c1-8(2,3)9(4,5)7(10)11-6;8-7-4-5-1-2-6(7)3-5/h1-6H3;5-8H,1-4H2. The largest absolute Gasteiger partial charge is 0.469 e. The second-order valence-electron chi connectivity index (χ2n) is 7.61. The molecule has 0 radical (unpaired) electrons. The number of ether oxygens (including phenoxy) is 1. The molecule has 2 rings (SSSR count). The second kappa shape index (κ2) is 5.82. The first-order valence-electron chi connectivity index (χ1n) is 7.36. The van der Waals surface area contributed by atoms with Crippen LogP contribution in [-0.4, -0.2) is 24.3 Å². The minimum atomic E-state index is -0.415. The Hall–Kier alpha value is -0.570. The smallest absolute Gasteiger partial charge is 0.311 e. The van der Waals surface area contributed by atoms with Crippen LogP contribution in [0.3, 0.4) is 0 Å². The van der Waals surface area contributed by atoms with Crippen molar-refractivity contribution in [3.05, 3.63) is 0 Å². The predicted molar refractivity (Wildman–Crippen MR) is 76.7 cm³/mol. The van der Waals surface area contributed by atoms with Gasteiger partial charge in [-0.05, 0) is 56.8 Å². The molecule has 2 aliphatic rings. The molecule has 19 heavy (non-hydrogen) atoms. The van der Waals surface area contributed by atoms with Crippen LogP contribution in [0.4, 0.5) is 0 Å². The Balaban J connectivity index is 0.000000196. The summed E-state index contributed by atoms with van der Waals surface area (Å²) >= 11 is 0. The van der Waals surface area contributed by atoms with Crippen LogP contribution in [0.15, 0.2) is 0 Å². The number of carbonyl (C=O) groups is 1. The summed E-state index contributed by atoms with van der Waals surface area (Å²) in [5.74, 6) is 1.44. The Morgan fingerprint density at radius 2 is 1.68 bits per heavy atom. The average Bonchev–Trinajstić information content (AvgIpc) is 2.88. The fourth-order valence-corrected chi connectivity index (χ4v) is 2.77. The number of aliphatic hydroxyl groups excluding tert-OH is 1. The van der Waals surface area contributed by atoms with E-state index in [2.05, 4.69) is 0 Å². The lowest BCUT2D eigenvalue weighted by Gasteiger charge is -2.35. The lowest BCUT2D eigenvalue weighted by Crippen LogP contribution is -2.38. The van der Waals surface area contributed by atoms with Crippen LogP contribution in [0.2, 0.25) is 0 Å². The molecule has 1 N–H and O–H groups in total. The Bertz CT molecular complexity index is 312. The van der Waals surface area contributed by atoms with Gasteiger partial charge in [-0.25, -0.2) is 0 Å². The van der Waals surface area contributed by atoms with Crippen molar-refractivity contribution in [3.63, 3.8) is 0 Å². The Labute approximate surface area is 117 Å². The van der Waals surface area contributed by atoms with Crippen molar-refractivity contribution in [1.29, 1.82) is 0 Å². The summed E-state index contributed by atoms with van der Waals surface area (Å²) in [5, 5.41) is 9.22. The van der Waals surface area contributed by atoms with Crippen LogP contribution in [-0.2, 0) is 9.53 Å². The number of carbonyl (C=O) groups excluding carboxylic acids is 1. The van der Waals surface area contributed by atoms with Crippen LogP contribution in [0.5, 0.6) is 0 Å². The van der Waals surface area contributed by atoms with Crippen LogP contribution in [0.25, 0.3) is 0 Å². The van der Waals surface area contributed by atoms with Gasteiger partial charge in [0.25, 0.3) is 0 Å². The molecule has 3 nitrogen and oxygen atoms in total. The third-order valence-electron chi connectivity index (χ3n) is 5.27. The number of hydrogen-bond acceptors (Lipinski definition) is 3. The van der Waals surface area contributed by atoms with Crippen molar-refractivity contribution >= 4 is 5.97 Å². The van der Waals surface area contributed by atoms with E-state index in [0.717, 1.165) is 12.3 Å². The van der Waals surface area contributed by atoms with Crippen LogP contribution in [0, 0.1) is 22.7 Å². The van der Waals surface area contributed by atoms with Crippen molar-refractivity contribution in [1.82, 2.24) is 0 Å². The summed E-state index contributed by atoms with van der Waals surface area (Å²) in [4.78, 5) is 11.3. The average molecular weight is 270 g/mol. The summed E-state index contributed by atoms with van der Waals surface area (Å²) in [6.45, 7) is 9.90. The number of fused-ring (bicyclic) bond motifs is 2. The highest BCUT2D eigenvalue weighted by molar-refractivity contribution is 5.76. The highest BCUT2D eigenvalue weighted by atomic mass is 16.5. The molecule has 112 valence electrons. The van der Waals surface area contributed by atoms with Crippen molar-refractivity contribution in [3.8, 4) is 0 Å². The number of aliphatic hydroxyl groups is 1. The molecule has 0 saturated heterocycles. The zero-order valence-electron chi connectivity index (χ0n) is 13.3. The minimum Gasteiger partial charge on any atom is -0.469 e. The van der Waals surface area contributed by atoms with Gasteiger partial charge in [0, 0.05) is 0 Å². The molecule has 2 fully saturated rings. The number of esters is 1. The number of rotatable bonds is 1. The van der Waals surface area contributed by atoms with E-state index in [1.165, 1.54) is 26.4 Å². The summed E-state index contributed by atoms with van der Waals surface area (Å²) in [5.41, 5.74) is -0.470. The fourth-order valence-electron chi connectivity index (χ4n) is 2.77. The van der Waals surface area contributed by atoms with Gasteiger partial charge in [0.1, 0.15) is 0 Å². The van der Waals surface area contributed by atoms with Crippen molar-refractivity contribution in [2.75, 3.05) is 7.11 Å². The molecule has 0 aromatic rings. The third-order valence-corrected chi connectivity index (χ3v) is 5.27. The summed E-state index contributed by atoms with van der Waals surface area (Å²) in [7, 11) is 1.43. The molecular weight excluding hydrogens is 240 g/mol. The molecule has 2 bridgehead atoms. The molecule has 0 amide bonds. The van der Waals surface area contributed by atoms with Gasteiger partial charge in [-0.2, -0.15) is 0 Å². The summed E-state index contributed by atoms with van der Waals surface area (Å²) in [6.07, 6.45) is 5.19. The fraction of sp³-hybridized carbons (Fsp3) is 0.938. The van der Waals surface area contributed by atoms with Gasteiger partial charge in [-0.3, -0.25) is 4.79 Å². The predicted octanol–water partition coefficient (Wildman–Crippen LogP) is 3.40. The van der Waals surface area contributed by atoms with E-state index in [1.807, 2.05) is 34.6 Å². The first kappa shape index (κ1) is 16.5. The van der Waals surface area contributed by atoms with E-state index >= 15 is 0 Å². The summed E-state index contributed by atoms with van der Waals surface area (Å²) in [6, 6.07) is 0. The Kier molecular flexibility index (Phi) is 5.05. The topological polar surface area (TPSA) is 46.5 Å². The highest BCUT2D eigenvalue weighted by Gasteiger charge is 2.40. The normalized spacial score (nSPS) is 29.7. The molecule has 2 saturated carbocycles. The number of hydrogen-bond donors (Lipinski definition) is 1. The van der Waals surface area contributed by atoms with Crippen molar-refractivity contribution in [2.45, 2.75) is 66.4 Å². The van der Waals surface area contributed by atoms with Gasteiger partial charge >= 0.3 is 5.97 Å². The van der Waals surface area contributed by atoms with Gasteiger partial charge in [0.05, 0.1) is 18.6 Å². The Morgan fingerprint density at radius 3 is 1.84 bits per heavy atom. The second-order valence-corrected chi connectivity index (χ2v) is 7.61. The molecule has 3 heteroatoms. The van der Waals surface area contributed by atoms with Gasteiger partial charge in [-0.15, -0.1) is 0 Å². The van der Waals surface area contributed by atoms with Crippen LogP contribution in [0.1, 0.15) is 60.3 Å². The molecule has 0 heterocycles. The van der Waals surface area contributed by atoms with E-state index in [-0.39, 0.29) is 17.5 Å². The SMILES string of the molecule is COC(=O)C(C)(C)C(C)(C)C.OC1CC2CCC1C2. The van der Waals surface area contributed by atoms with Crippen LogP contribution >= 0.6 is 0 Å². The zero-order chi connectivity index (χ0) is 14.8. The molecule has 0 aliphatic heterocycles. The van der Waals surface area contributed by atoms with Gasteiger partial charge in [0.15, 0.2) is 0 Å². The first-order valence-corrected chi connectivity index (χ1v) is 7.36. The lowest BCUT2D eigenvalue weighted by molar-refractivity contribution is -0.156. The van der Waals surface area contributed by atoms with E-state index in [4.69, 9.17) is 4.74 Å². The maximum absolute atomic E-state index is 11.3. The lowest BCUT2D eigenvalue weighted by atomic mass is 9.69. The van der Waals surface area contributed by atoms with Gasteiger partial charge in [0.2, 0.25) is 0 Å². The molecule has 0 aromatic heterocycles. The molecule has 0 spiro atoms. The van der Waals surface area contributed by atoms with Crippen molar-refractivity contribution < 1.29 is 14.6 Å². The van der Waals surface area contributed by atoms with E-state index in [1.54, 1.807) is 0 Å². The molecule has 2 aliphatic carbocycles.